The molecular formula is C30H32N2O5. The quantitative estimate of drug-likeness (QED) is 0.307. The second kappa shape index (κ2) is 12.7. The molecule has 7 nitrogen and oxygen atoms in total. The number of para-hydroxylation sites is 1. The van der Waals surface area contributed by atoms with Crippen molar-refractivity contribution in [3.63, 3.8) is 0 Å². The van der Waals surface area contributed by atoms with Gasteiger partial charge in [-0.1, -0.05) is 30.3 Å². The monoisotopic (exact) mass is 500 g/mol. The van der Waals surface area contributed by atoms with Gasteiger partial charge in [-0.25, -0.2) is 0 Å². The highest BCUT2D eigenvalue weighted by molar-refractivity contribution is 6.07. The van der Waals surface area contributed by atoms with Gasteiger partial charge in [0.25, 0.3) is 5.91 Å². The van der Waals surface area contributed by atoms with Crippen LogP contribution < -0.4 is 19.7 Å². The molecule has 4 rings (SSSR count). The Balaban J connectivity index is 1.37. The minimum absolute atomic E-state index is 0.0836. The van der Waals surface area contributed by atoms with Gasteiger partial charge < -0.3 is 24.4 Å². The van der Waals surface area contributed by atoms with Crippen molar-refractivity contribution in [2.75, 3.05) is 49.7 Å². The topological polar surface area (TPSA) is 77.1 Å². The number of ether oxygens (including phenoxy) is 3. The summed E-state index contributed by atoms with van der Waals surface area (Å²) in [7, 11) is 0. The molecule has 0 atom stereocenters. The van der Waals surface area contributed by atoms with E-state index in [9.17, 15) is 9.59 Å². The summed E-state index contributed by atoms with van der Waals surface area (Å²) in [6, 6.07) is 20.6. The molecule has 0 aliphatic carbocycles. The fourth-order valence-electron chi connectivity index (χ4n) is 3.98. The zero-order valence-electron chi connectivity index (χ0n) is 21.2. The Bertz CT molecular complexity index is 1250. The highest BCUT2D eigenvalue weighted by Gasteiger charge is 2.12. The van der Waals surface area contributed by atoms with Crippen molar-refractivity contribution < 1.29 is 23.8 Å². The van der Waals surface area contributed by atoms with E-state index in [0.29, 0.717) is 23.7 Å². The Kier molecular flexibility index (Phi) is 8.94. The predicted molar refractivity (Wildman–Crippen MR) is 146 cm³/mol. The van der Waals surface area contributed by atoms with E-state index >= 15 is 0 Å². The van der Waals surface area contributed by atoms with Gasteiger partial charge in [0.15, 0.2) is 23.9 Å². The second-order valence-electron chi connectivity index (χ2n) is 8.63. The Morgan fingerprint density at radius 3 is 2.46 bits per heavy atom. The van der Waals surface area contributed by atoms with Crippen LogP contribution in [0.15, 0.2) is 72.8 Å². The summed E-state index contributed by atoms with van der Waals surface area (Å²) in [5.74, 6) is 0.630. The molecule has 0 spiro atoms. The van der Waals surface area contributed by atoms with E-state index in [1.54, 1.807) is 24.3 Å². The first kappa shape index (κ1) is 26.0. The van der Waals surface area contributed by atoms with Crippen molar-refractivity contribution >= 4 is 29.1 Å². The number of hydrogen-bond acceptors (Lipinski definition) is 6. The van der Waals surface area contributed by atoms with Crippen LogP contribution >= 0.6 is 0 Å². The molecule has 7 heteroatoms. The Hall–Kier alpha value is -4.10. The number of rotatable bonds is 10. The molecule has 37 heavy (non-hydrogen) atoms. The van der Waals surface area contributed by atoms with E-state index in [-0.39, 0.29) is 18.3 Å². The highest BCUT2D eigenvalue weighted by atomic mass is 16.5. The van der Waals surface area contributed by atoms with Gasteiger partial charge in [-0.05, 0) is 73.5 Å². The fourth-order valence-corrected chi connectivity index (χ4v) is 3.98. The van der Waals surface area contributed by atoms with Gasteiger partial charge in [0.1, 0.15) is 0 Å². The van der Waals surface area contributed by atoms with Crippen LogP contribution in [0.4, 0.5) is 11.4 Å². The molecule has 0 saturated carbocycles. The van der Waals surface area contributed by atoms with E-state index in [1.165, 1.54) is 0 Å². The Morgan fingerprint density at radius 2 is 1.73 bits per heavy atom. The average molecular weight is 501 g/mol. The van der Waals surface area contributed by atoms with Crippen LogP contribution in [0.5, 0.6) is 11.5 Å². The minimum Gasteiger partial charge on any atom is -0.490 e. The summed E-state index contributed by atoms with van der Waals surface area (Å²) < 4.78 is 16.9. The largest absolute Gasteiger partial charge is 0.490 e. The van der Waals surface area contributed by atoms with Crippen molar-refractivity contribution in [3.8, 4) is 11.5 Å². The third-order valence-electron chi connectivity index (χ3n) is 6.00. The number of ketones is 1. The number of amides is 1. The number of anilines is 2. The van der Waals surface area contributed by atoms with Gasteiger partial charge in [-0.15, -0.1) is 0 Å². The first-order chi connectivity index (χ1) is 18.0. The smallest absolute Gasteiger partial charge is 0.262 e. The summed E-state index contributed by atoms with van der Waals surface area (Å²) in [6.45, 7) is 7.24. The van der Waals surface area contributed by atoms with Crippen LogP contribution in [0.3, 0.4) is 0 Å². The third-order valence-corrected chi connectivity index (χ3v) is 6.00. The van der Waals surface area contributed by atoms with Crippen LogP contribution in [-0.4, -0.2) is 51.2 Å². The minimum atomic E-state index is -0.258. The van der Waals surface area contributed by atoms with E-state index in [0.717, 1.165) is 48.8 Å². The number of carbonyl (C=O) groups is 2. The lowest BCUT2D eigenvalue weighted by Crippen LogP contribution is -2.36. The first-order valence-corrected chi connectivity index (χ1v) is 12.4. The maximum Gasteiger partial charge on any atom is 0.262 e. The standard InChI is InChI=1S/C30H32N2O5/c1-3-36-29-20-23(9-15-28(29)37-21-30(34)31-26-7-5-4-6-22(26)2)8-14-27(33)24-10-12-25(13-11-24)32-16-18-35-19-17-32/h4-15,20H,3,16-19,21H2,1-2H3,(H,31,34)/b14-8+. The van der Waals surface area contributed by atoms with Crippen molar-refractivity contribution in [3.05, 3.63) is 89.5 Å². The first-order valence-electron chi connectivity index (χ1n) is 12.4. The molecule has 1 heterocycles. The number of carbonyl (C=O) groups excluding carboxylic acids is 2. The molecule has 1 aliphatic rings. The molecule has 0 radical (unpaired) electrons. The van der Waals surface area contributed by atoms with E-state index < -0.39 is 0 Å². The van der Waals surface area contributed by atoms with E-state index in [4.69, 9.17) is 14.2 Å². The molecule has 3 aromatic carbocycles. The maximum absolute atomic E-state index is 12.7. The Morgan fingerprint density at radius 1 is 0.973 bits per heavy atom. The maximum atomic E-state index is 12.7. The van der Waals surface area contributed by atoms with Gasteiger partial charge in [0.05, 0.1) is 19.8 Å². The SMILES string of the molecule is CCOc1cc(/C=C/C(=O)c2ccc(N3CCOCC3)cc2)ccc1OCC(=O)Nc1ccccc1C. The van der Waals surface area contributed by atoms with Gasteiger partial charge in [-0.3, -0.25) is 9.59 Å². The zero-order valence-corrected chi connectivity index (χ0v) is 21.2. The van der Waals surface area contributed by atoms with Gasteiger partial charge in [0.2, 0.25) is 0 Å². The van der Waals surface area contributed by atoms with E-state index in [1.807, 2.05) is 68.4 Å². The van der Waals surface area contributed by atoms with Crippen molar-refractivity contribution in [1.82, 2.24) is 0 Å². The molecule has 1 amide bonds. The van der Waals surface area contributed by atoms with Gasteiger partial charge >= 0.3 is 0 Å². The zero-order chi connectivity index (χ0) is 26.0. The van der Waals surface area contributed by atoms with Crippen molar-refractivity contribution in [2.24, 2.45) is 0 Å². The number of hydrogen-bond donors (Lipinski definition) is 1. The molecule has 0 aromatic heterocycles. The van der Waals surface area contributed by atoms with Crippen molar-refractivity contribution in [1.29, 1.82) is 0 Å². The van der Waals surface area contributed by atoms with E-state index in [2.05, 4.69) is 10.2 Å². The normalized spacial score (nSPS) is 13.4. The lowest BCUT2D eigenvalue weighted by atomic mass is 10.1. The number of benzene rings is 3. The molecule has 1 saturated heterocycles. The molecule has 3 aromatic rings. The van der Waals surface area contributed by atoms with Crippen LogP contribution in [0.25, 0.3) is 6.08 Å². The molecule has 1 N–H and O–H groups in total. The molecule has 1 aliphatic heterocycles. The van der Waals surface area contributed by atoms with Crippen LogP contribution in [-0.2, 0) is 9.53 Å². The molecular weight excluding hydrogens is 468 g/mol. The number of nitrogens with zero attached hydrogens (tertiary/aromatic N) is 1. The van der Waals surface area contributed by atoms with Gasteiger partial charge in [0, 0.05) is 30.0 Å². The summed E-state index contributed by atoms with van der Waals surface area (Å²) in [6.07, 6.45) is 3.29. The number of morpholine rings is 1. The summed E-state index contributed by atoms with van der Waals surface area (Å²) in [5.41, 5.74) is 4.23. The average Bonchev–Trinajstić information content (AvgIpc) is 2.93. The number of allylic oxidation sites excluding steroid dienone is 1. The highest BCUT2D eigenvalue weighted by Crippen LogP contribution is 2.29. The summed E-state index contributed by atoms with van der Waals surface area (Å²) in [5, 5.41) is 2.85. The Labute approximate surface area is 217 Å². The summed E-state index contributed by atoms with van der Waals surface area (Å²) in [4.78, 5) is 27.3. The molecule has 192 valence electrons. The van der Waals surface area contributed by atoms with Crippen molar-refractivity contribution in [2.45, 2.75) is 13.8 Å². The molecule has 0 bridgehead atoms. The van der Waals surface area contributed by atoms with Gasteiger partial charge in [-0.2, -0.15) is 0 Å². The lowest BCUT2D eigenvalue weighted by molar-refractivity contribution is -0.118. The summed E-state index contributed by atoms with van der Waals surface area (Å²) >= 11 is 0. The fraction of sp³-hybridized carbons (Fsp3) is 0.267. The lowest BCUT2D eigenvalue weighted by Gasteiger charge is -2.28. The third kappa shape index (κ3) is 7.21. The number of aryl methyl sites for hydroxylation is 1. The molecule has 0 unspecified atom stereocenters. The number of nitrogens with one attached hydrogen (secondary N) is 1. The molecule has 1 fully saturated rings. The predicted octanol–water partition coefficient (Wildman–Crippen LogP) is 5.14. The van der Waals surface area contributed by atoms with Crippen LogP contribution in [0.1, 0.15) is 28.4 Å². The van der Waals surface area contributed by atoms with Crippen LogP contribution in [0, 0.1) is 6.92 Å². The second-order valence-corrected chi connectivity index (χ2v) is 8.63. The van der Waals surface area contributed by atoms with Crippen LogP contribution in [0.2, 0.25) is 0 Å².